The highest BCUT2D eigenvalue weighted by atomic mass is 35.5. The molecule has 0 aromatic heterocycles. The van der Waals surface area contributed by atoms with Crippen molar-refractivity contribution in [1.29, 1.82) is 0 Å². The molecular formula is C20H27ClN2O4S. The maximum atomic E-state index is 12.2. The van der Waals surface area contributed by atoms with Gasteiger partial charge in [0.2, 0.25) is 5.91 Å². The summed E-state index contributed by atoms with van der Waals surface area (Å²) in [5.41, 5.74) is 1.87. The van der Waals surface area contributed by atoms with E-state index in [0.717, 1.165) is 24.1 Å². The lowest BCUT2D eigenvalue weighted by Gasteiger charge is -2.11. The van der Waals surface area contributed by atoms with E-state index in [2.05, 4.69) is 10.6 Å². The van der Waals surface area contributed by atoms with E-state index in [0.29, 0.717) is 31.7 Å². The van der Waals surface area contributed by atoms with Gasteiger partial charge in [-0.25, -0.2) is 8.42 Å². The van der Waals surface area contributed by atoms with Gasteiger partial charge in [-0.15, -0.1) is 12.4 Å². The second kappa shape index (κ2) is 11.7. The highest BCUT2D eigenvalue weighted by Crippen LogP contribution is 2.17. The topological polar surface area (TPSA) is 84.5 Å². The molecular weight excluding hydrogens is 400 g/mol. The van der Waals surface area contributed by atoms with Crippen LogP contribution in [0.25, 0.3) is 0 Å². The van der Waals surface area contributed by atoms with E-state index in [1.807, 2.05) is 31.2 Å². The largest absolute Gasteiger partial charge is 0.494 e. The van der Waals surface area contributed by atoms with E-state index < -0.39 is 9.84 Å². The number of nitrogens with one attached hydrogen (secondary N) is 2. The van der Waals surface area contributed by atoms with E-state index in [1.165, 1.54) is 12.1 Å². The number of carbonyl (C=O) groups excluding carboxylic acids is 1. The molecule has 28 heavy (non-hydrogen) atoms. The van der Waals surface area contributed by atoms with Crippen LogP contribution in [0.3, 0.4) is 0 Å². The number of hydrogen-bond donors (Lipinski definition) is 2. The molecule has 6 nitrogen and oxygen atoms in total. The summed E-state index contributed by atoms with van der Waals surface area (Å²) in [6.07, 6.45) is 2.07. The van der Waals surface area contributed by atoms with Gasteiger partial charge in [0, 0.05) is 24.9 Å². The van der Waals surface area contributed by atoms with Gasteiger partial charge in [0.25, 0.3) is 0 Å². The van der Waals surface area contributed by atoms with Gasteiger partial charge in [-0.1, -0.05) is 25.1 Å². The van der Waals surface area contributed by atoms with Crippen LogP contribution in [-0.2, 0) is 21.2 Å². The van der Waals surface area contributed by atoms with Crippen molar-refractivity contribution in [2.24, 2.45) is 0 Å². The zero-order valence-corrected chi connectivity index (χ0v) is 17.7. The lowest BCUT2D eigenvalue weighted by atomic mass is 10.1. The zero-order valence-electron chi connectivity index (χ0n) is 16.1. The minimum atomic E-state index is -3.21. The summed E-state index contributed by atoms with van der Waals surface area (Å²) < 4.78 is 28.4. The number of para-hydroxylation sites is 1. The molecule has 2 aromatic rings. The Bertz CT molecular complexity index is 855. The summed E-state index contributed by atoms with van der Waals surface area (Å²) in [4.78, 5) is 12.4. The standard InChI is InChI=1S/C20H26N2O4S.ClH/c1-3-21-15-16-7-4-5-8-19(16)22-20(23)9-6-14-26-17-10-12-18(13-11-17)27(2,24)25;/h4-5,7-8,10-13,21H,3,6,9,14-15H2,1-2H3,(H,22,23);1H. The molecule has 0 bridgehead atoms. The van der Waals surface area contributed by atoms with Crippen LogP contribution in [0.5, 0.6) is 5.75 Å². The molecule has 0 aliphatic carbocycles. The molecule has 2 rings (SSSR count). The maximum absolute atomic E-state index is 12.2. The number of anilines is 1. The summed E-state index contributed by atoms with van der Waals surface area (Å²) in [6, 6.07) is 14.0. The van der Waals surface area contributed by atoms with Crippen LogP contribution in [0.2, 0.25) is 0 Å². The molecule has 0 saturated carbocycles. The van der Waals surface area contributed by atoms with Crippen LogP contribution in [0.4, 0.5) is 5.69 Å². The number of benzene rings is 2. The lowest BCUT2D eigenvalue weighted by molar-refractivity contribution is -0.116. The first-order chi connectivity index (χ1) is 12.9. The van der Waals surface area contributed by atoms with E-state index in [9.17, 15) is 13.2 Å². The summed E-state index contributed by atoms with van der Waals surface area (Å²) in [5, 5.41) is 6.19. The number of ether oxygens (including phenoxy) is 1. The van der Waals surface area contributed by atoms with E-state index in [4.69, 9.17) is 4.74 Å². The molecule has 0 heterocycles. The molecule has 0 fully saturated rings. The average Bonchev–Trinajstić information content (AvgIpc) is 2.64. The third-order valence-corrected chi connectivity index (χ3v) is 5.05. The van der Waals surface area contributed by atoms with Gasteiger partial charge in [-0.3, -0.25) is 4.79 Å². The van der Waals surface area contributed by atoms with Crippen molar-refractivity contribution in [3.63, 3.8) is 0 Å². The van der Waals surface area contributed by atoms with Crippen LogP contribution < -0.4 is 15.4 Å². The maximum Gasteiger partial charge on any atom is 0.224 e. The Kier molecular flexibility index (Phi) is 9.99. The van der Waals surface area contributed by atoms with Crippen LogP contribution in [0, 0.1) is 0 Å². The molecule has 0 unspecified atom stereocenters. The van der Waals surface area contributed by atoms with Crippen LogP contribution >= 0.6 is 12.4 Å². The fourth-order valence-electron chi connectivity index (χ4n) is 2.47. The van der Waals surface area contributed by atoms with Crippen LogP contribution in [-0.4, -0.2) is 33.7 Å². The zero-order chi connectivity index (χ0) is 19.7. The summed E-state index contributed by atoms with van der Waals surface area (Å²) in [7, 11) is -3.21. The van der Waals surface area contributed by atoms with Crippen molar-refractivity contribution in [3.05, 3.63) is 54.1 Å². The highest BCUT2D eigenvalue weighted by Gasteiger charge is 2.08. The van der Waals surface area contributed by atoms with Crippen LogP contribution in [0.1, 0.15) is 25.3 Å². The molecule has 0 spiro atoms. The van der Waals surface area contributed by atoms with Gasteiger partial charge >= 0.3 is 0 Å². The first-order valence-corrected chi connectivity index (χ1v) is 10.8. The first-order valence-electron chi connectivity index (χ1n) is 8.91. The molecule has 0 saturated heterocycles. The highest BCUT2D eigenvalue weighted by molar-refractivity contribution is 7.90. The Labute approximate surface area is 173 Å². The third-order valence-electron chi connectivity index (χ3n) is 3.93. The number of rotatable bonds is 10. The predicted octanol–water partition coefficient (Wildman–Crippen LogP) is 3.42. The monoisotopic (exact) mass is 426 g/mol. The fraction of sp³-hybridized carbons (Fsp3) is 0.350. The number of sulfone groups is 1. The molecule has 1 amide bonds. The SMILES string of the molecule is CCNCc1ccccc1NC(=O)CCCOc1ccc(S(C)(=O)=O)cc1.Cl. The van der Waals surface area contributed by atoms with Crippen molar-refractivity contribution in [2.75, 3.05) is 24.7 Å². The molecule has 2 aromatic carbocycles. The summed E-state index contributed by atoms with van der Waals surface area (Å²) in [6.45, 7) is 3.99. The molecule has 2 N–H and O–H groups in total. The number of amides is 1. The Balaban J connectivity index is 0.00000392. The molecule has 0 aliphatic heterocycles. The molecule has 0 radical (unpaired) electrons. The van der Waals surface area contributed by atoms with Gasteiger partial charge < -0.3 is 15.4 Å². The van der Waals surface area contributed by atoms with Crippen molar-refractivity contribution >= 4 is 33.8 Å². The van der Waals surface area contributed by atoms with Crippen molar-refractivity contribution < 1.29 is 17.9 Å². The fourth-order valence-corrected chi connectivity index (χ4v) is 3.11. The van der Waals surface area contributed by atoms with Crippen LogP contribution in [0.15, 0.2) is 53.4 Å². The average molecular weight is 427 g/mol. The smallest absolute Gasteiger partial charge is 0.224 e. The predicted molar refractivity (Wildman–Crippen MR) is 114 cm³/mol. The molecule has 8 heteroatoms. The Morgan fingerprint density at radius 3 is 2.39 bits per heavy atom. The normalized spacial score (nSPS) is 10.8. The van der Waals surface area contributed by atoms with Crippen molar-refractivity contribution in [1.82, 2.24) is 5.32 Å². The van der Waals surface area contributed by atoms with Gasteiger partial charge in [0.05, 0.1) is 11.5 Å². The summed E-state index contributed by atoms with van der Waals surface area (Å²) in [5.74, 6) is 0.522. The molecule has 154 valence electrons. The Hall–Kier alpha value is -2.09. The van der Waals surface area contributed by atoms with Gasteiger partial charge in [-0.05, 0) is 48.9 Å². The van der Waals surface area contributed by atoms with E-state index in [-0.39, 0.29) is 23.2 Å². The third kappa shape index (κ3) is 7.88. The lowest BCUT2D eigenvalue weighted by Crippen LogP contribution is -2.17. The quantitative estimate of drug-likeness (QED) is 0.568. The van der Waals surface area contributed by atoms with Gasteiger partial charge in [-0.2, -0.15) is 0 Å². The number of carbonyl (C=O) groups is 1. The first kappa shape index (κ1) is 23.9. The van der Waals surface area contributed by atoms with Gasteiger partial charge in [0.15, 0.2) is 9.84 Å². The minimum Gasteiger partial charge on any atom is -0.494 e. The Morgan fingerprint density at radius 1 is 1.07 bits per heavy atom. The molecule has 0 atom stereocenters. The second-order valence-corrected chi connectivity index (χ2v) is 8.20. The van der Waals surface area contributed by atoms with Crippen molar-refractivity contribution in [3.8, 4) is 5.75 Å². The second-order valence-electron chi connectivity index (χ2n) is 6.18. The van der Waals surface area contributed by atoms with E-state index >= 15 is 0 Å². The number of halogens is 1. The van der Waals surface area contributed by atoms with E-state index in [1.54, 1.807) is 12.1 Å². The van der Waals surface area contributed by atoms with Crippen molar-refractivity contribution in [2.45, 2.75) is 31.2 Å². The number of hydrogen-bond acceptors (Lipinski definition) is 5. The Morgan fingerprint density at radius 2 is 1.75 bits per heavy atom. The minimum absolute atomic E-state index is 0. The molecule has 0 aliphatic rings. The summed E-state index contributed by atoms with van der Waals surface area (Å²) >= 11 is 0. The van der Waals surface area contributed by atoms with Gasteiger partial charge in [0.1, 0.15) is 5.75 Å².